The van der Waals surface area contributed by atoms with Crippen LogP contribution in [0.15, 0.2) is 10.4 Å². The van der Waals surface area contributed by atoms with E-state index in [9.17, 15) is 0 Å². The van der Waals surface area contributed by atoms with Crippen molar-refractivity contribution in [3.63, 3.8) is 0 Å². The Balaban J connectivity index is 1.26. The molecule has 7 heteroatoms. The van der Waals surface area contributed by atoms with Crippen molar-refractivity contribution < 1.29 is 4.74 Å². The van der Waals surface area contributed by atoms with Crippen LogP contribution in [0.2, 0.25) is 0 Å². The van der Waals surface area contributed by atoms with Gasteiger partial charge in [-0.25, -0.2) is 4.98 Å². The van der Waals surface area contributed by atoms with Gasteiger partial charge in [0.1, 0.15) is 0 Å². The van der Waals surface area contributed by atoms with E-state index in [1.165, 1.54) is 57.1 Å². The highest BCUT2D eigenvalue weighted by Crippen LogP contribution is 2.20. The van der Waals surface area contributed by atoms with Crippen molar-refractivity contribution in [3.8, 4) is 0 Å². The smallest absolute Gasteiger partial charge is 0.191 e. The van der Waals surface area contributed by atoms with Crippen LogP contribution in [-0.2, 0) is 11.3 Å². The largest absolute Gasteiger partial charge is 0.376 e. The number of nitrogens with zero attached hydrogens (tertiary/aromatic N) is 3. The molecule has 0 amide bonds. The van der Waals surface area contributed by atoms with E-state index in [0.717, 1.165) is 50.3 Å². The summed E-state index contributed by atoms with van der Waals surface area (Å²) in [5, 5.41) is 10.3. The molecule has 2 heterocycles. The molecule has 164 valence electrons. The molecule has 1 aromatic heterocycles. The molecular formula is C22H39N5OS. The summed E-state index contributed by atoms with van der Waals surface area (Å²) in [7, 11) is 1.85. The van der Waals surface area contributed by atoms with Crippen LogP contribution >= 0.6 is 11.3 Å². The minimum Gasteiger partial charge on any atom is -0.376 e. The number of aliphatic imine (C=N–C) groups is 1. The van der Waals surface area contributed by atoms with E-state index < -0.39 is 0 Å². The first-order valence-electron chi connectivity index (χ1n) is 11.4. The Bertz CT molecular complexity index is 604. The van der Waals surface area contributed by atoms with Crippen LogP contribution in [0.1, 0.15) is 62.1 Å². The number of piperidine rings is 1. The van der Waals surface area contributed by atoms with E-state index >= 15 is 0 Å². The summed E-state index contributed by atoms with van der Waals surface area (Å²) in [5.41, 5.74) is 1.22. The van der Waals surface area contributed by atoms with Crippen LogP contribution < -0.4 is 10.6 Å². The van der Waals surface area contributed by atoms with Crippen LogP contribution in [0.25, 0.3) is 0 Å². The monoisotopic (exact) mass is 421 g/mol. The fraction of sp³-hybridized carbons (Fsp3) is 0.818. The second kappa shape index (κ2) is 12.5. The summed E-state index contributed by atoms with van der Waals surface area (Å²) in [6.45, 7) is 7.97. The molecule has 0 atom stereocenters. The number of aromatic nitrogens is 1. The van der Waals surface area contributed by atoms with Crippen molar-refractivity contribution >= 4 is 17.3 Å². The third kappa shape index (κ3) is 8.22. The predicted octanol–water partition coefficient (Wildman–Crippen LogP) is 3.57. The van der Waals surface area contributed by atoms with Crippen molar-refractivity contribution in [2.24, 2.45) is 10.9 Å². The topological polar surface area (TPSA) is 61.8 Å². The Morgan fingerprint density at radius 1 is 1.17 bits per heavy atom. The maximum absolute atomic E-state index is 6.06. The van der Waals surface area contributed by atoms with Gasteiger partial charge >= 0.3 is 0 Å². The van der Waals surface area contributed by atoms with Gasteiger partial charge in [-0.1, -0.05) is 25.7 Å². The van der Waals surface area contributed by atoms with E-state index in [1.807, 2.05) is 7.05 Å². The zero-order valence-corrected chi connectivity index (χ0v) is 19.1. The van der Waals surface area contributed by atoms with Crippen molar-refractivity contribution in [3.05, 3.63) is 16.1 Å². The molecule has 1 saturated heterocycles. The summed E-state index contributed by atoms with van der Waals surface area (Å²) in [5.74, 6) is 1.61. The number of hydrogen-bond acceptors (Lipinski definition) is 5. The number of likely N-dealkylation sites (tertiary alicyclic amines) is 1. The highest BCUT2D eigenvalue weighted by atomic mass is 32.1. The normalized spacial score (nSPS) is 20.6. The third-order valence-corrected chi connectivity index (χ3v) is 6.91. The average molecular weight is 422 g/mol. The molecule has 0 radical (unpaired) electrons. The van der Waals surface area contributed by atoms with E-state index in [2.05, 4.69) is 37.8 Å². The molecule has 6 nitrogen and oxygen atoms in total. The minimum atomic E-state index is 0.465. The molecule has 1 saturated carbocycles. The number of thiazole rings is 1. The SMILES string of the molecule is CN=C(NCCOC1CCCCCC1)NCC1CCN(Cc2csc(C)n2)CC1. The summed E-state index contributed by atoms with van der Waals surface area (Å²) < 4.78 is 6.06. The molecule has 0 spiro atoms. The Labute approximate surface area is 180 Å². The van der Waals surface area contributed by atoms with Gasteiger partial charge in [0, 0.05) is 32.1 Å². The second-order valence-electron chi connectivity index (χ2n) is 8.44. The fourth-order valence-corrected chi connectivity index (χ4v) is 4.93. The molecule has 0 aromatic carbocycles. The number of guanidine groups is 1. The Morgan fingerprint density at radius 3 is 2.59 bits per heavy atom. The van der Waals surface area contributed by atoms with E-state index in [-0.39, 0.29) is 0 Å². The predicted molar refractivity (Wildman–Crippen MR) is 122 cm³/mol. The summed E-state index contributed by atoms with van der Waals surface area (Å²) in [4.78, 5) is 11.5. The standard InChI is InChI=1S/C22H39N5OS/c1-18-26-20(17-29-18)16-27-12-9-19(10-13-27)15-25-22(23-2)24-11-14-28-21-7-5-3-4-6-8-21/h17,19,21H,3-16H2,1-2H3,(H2,23,24,25). The van der Waals surface area contributed by atoms with Crippen molar-refractivity contribution in [2.75, 3.05) is 39.8 Å². The van der Waals surface area contributed by atoms with Gasteiger partial charge in [0.2, 0.25) is 0 Å². The fourth-order valence-electron chi connectivity index (χ4n) is 4.32. The van der Waals surface area contributed by atoms with E-state index in [4.69, 9.17) is 4.74 Å². The van der Waals surface area contributed by atoms with Crippen molar-refractivity contribution in [1.82, 2.24) is 20.5 Å². The lowest BCUT2D eigenvalue weighted by Gasteiger charge is -2.31. The molecule has 2 fully saturated rings. The lowest BCUT2D eigenvalue weighted by atomic mass is 9.97. The van der Waals surface area contributed by atoms with Crippen molar-refractivity contribution in [2.45, 2.75) is 70.9 Å². The molecule has 2 N–H and O–H groups in total. The van der Waals surface area contributed by atoms with E-state index in [1.54, 1.807) is 11.3 Å². The van der Waals surface area contributed by atoms with Gasteiger partial charge in [-0.2, -0.15) is 0 Å². The first kappa shape index (κ1) is 22.5. The molecule has 2 aliphatic rings. The zero-order valence-electron chi connectivity index (χ0n) is 18.3. The molecule has 1 aliphatic carbocycles. The lowest BCUT2D eigenvalue weighted by Crippen LogP contribution is -2.43. The van der Waals surface area contributed by atoms with Crippen LogP contribution in [0.3, 0.4) is 0 Å². The lowest BCUT2D eigenvalue weighted by molar-refractivity contribution is 0.0468. The zero-order chi connectivity index (χ0) is 20.3. The molecule has 3 rings (SSSR count). The number of nitrogens with one attached hydrogen (secondary N) is 2. The van der Waals surface area contributed by atoms with E-state index in [0.29, 0.717) is 12.0 Å². The summed E-state index contributed by atoms with van der Waals surface area (Å²) in [6, 6.07) is 0. The van der Waals surface area contributed by atoms with Crippen LogP contribution in [0.5, 0.6) is 0 Å². The van der Waals surface area contributed by atoms with Crippen molar-refractivity contribution in [1.29, 1.82) is 0 Å². The quantitative estimate of drug-likeness (QED) is 0.291. The summed E-state index contributed by atoms with van der Waals surface area (Å²) >= 11 is 1.75. The van der Waals surface area contributed by atoms with Gasteiger partial charge in [-0.3, -0.25) is 9.89 Å². The second-order valence-corrected chi connectivity index (χ2v) is 9.50. The maximum atomic E-state index is 6.06. The van der Waals surface area contributed by atoms with Crippen LogP contribution in [0, 0.1) is 12.8 Å². The Hall–Kier alpha value is -1.18. The van der Waals surface area contributed by atoms with Gasteiger partial charge in [0.25, 0.3) is 0 Å². The van der Waals surface area contributed by atoms with Gasteiger partial charge in [0.15, 0.2) is 5.96 Å². The molecule has 29 heavy (non-hydrogen) atoms. The Kier molecular flexibility index (Phi) is 9.70. The first-order chi connectivity index (χ1) is 14.2. The molecule has 0 bridgehead atoms. The number of rotatable bonds is 8. The highest BCUT2D eigenvalue weighted by Gasteiger charge is 2.20. The van der Waals surface area contributed by atoms with Gasteiger partial charge in [-0.05, 0) is 51.6 Å². The molecular weight excluding hydrogens is 382 g/mol. The summed E-state index contributed by atoms with van der Waals surface area (Å²) in [6.07, 6.45) is 10.8. The van der Waals surface area contributed by atoms with Crippen LogP contribution in [-0.4, -0.2) is 61.8 Å². The number of ether oxygens (including phenoxy) is 1. The van der Waals surface area contributed by atoms with Gasteiger partial charge < -0.3 is 15.4 Å². The molecule has 0 unspecified atom stereocenters. The highest BCUT2D eigenvalue weighted by molar-refractivity contribution is 7.09. The van der Waals surface area contributed by atoms with Gasteiger partial charge in [0.05, 0.1) is 23.4 Å². The molecule has 1 aromatic rings. The minimum absolute atomic E-state index is 0.465. The van der Waals surface area contributed by atoms with Gasteiger partial charge in [-0.15, -0.1) is 11.3 Å². The Morgan fingerprint density at radius 2 is 1.93 bits per heavy atom. The third-order valence-electron chi connectivity index (χ3n) is 6.09. The number of hydrogen-bond donors (Lipinski definition) is 2. The number of aryl methyl sites for hydroxylation is 1. The molecule has 1 aliphatic heterocycles. The maximum Gasteiger partial charge on any atom is 0.191 e. The average Bonchev–Trinajstić information content (AvgIpc) is 2.98. The first-order valence-corrected chi connectivity index (χ1v) is 12.3. The van der Waals surface area contributed by atoms with Crippen LogP contribution in [0.4, 0.5) is 0 Å².